The molecule has 0 unspecified atom stereocenters. The van der Waals surface area contributed by atoms with Crippen molar-refractivity contribution in [3.05, 3.63) is 54.1 Å². The summed E-state index contributed by atoms with van der Waals surface area (Å²) in [4.78, 5) is 8.13. The van der Waals surface area contributed by atoms with E-state index in [2.05, 4.69) is 9.97 Å². The molecular weight excluding hydrogens is 236 g/mol. The largest absolute Gasteiger partial charge is 0.304 e. The van der Waals surface area contributed by atoms with Gasteiger partial charge in [0.05, 0.1) is 11.9 Å². The maximum atomic E-state index is 13.8. The lowest BCUT2D eigenvalue weighted by molar-refractivity contribution is 0.595. The molecule has 3 rings (SSSR count). The molecule has 0 aliphatic rings. The molecule has 1 aromatic carbocycles. The number of benzene rings is 1. The molecule has 0 N–H and O–H groups in total. The Hall–Kier alpha value is -2.30. The Balaban J connectivity index is 2.22. The van der Waals surface area contributed by atoms with Crippen LogP contribution in [0.4, 0.5) is 8.78 Å². The Morgan fingerprint density at radius 3 is 2.78 bits per heavy atom. The van der Waals surface area contributed by atoms with Gasteiger partial charge >= 0.3 is 0 Å². The van der Waals surface area contributed by atoms with Crippen LogP contribution < -0.4 is 0 Å². The molecule has 5 heteroatoms. The maximum absolute atomic E-state index is 13.8. The molecule has 0 spiro atoms. The Labute approximate surface area is 102 Å². The number of aryl methyl sites for hydroxylation is 1. The highest BCUT2D eigenvalue weighted by molar-refractivity contribution is 5.63. The maximum Gasteiger partial charge on any atom is 0.155 e. The molecule has 3 nitrogen and oxygen atoms in total. The van der Waals surface area contributed by atoms with Gasteiger partial charge in [0.1, 0.15) is 11.6 Å². The second kappa shape index (κ2) is 3.87. The van der Waals surface area contributed by atoms with Gasteiger partial charge < -0.3 is 4.40 Å². The van der Waals surface area contributed by atoms with Crippen LogP contribution in [0, 0.1) is 18.6 Å². The number of nitrogens with zero attached hydrogens (tertiary/aromatic N) is 3. The Bertz CT molecular complexity index is 701. The van der Waals surface area contributed by atoms with E-state index in [0.29, 0.717) is 11.3 Å². The number of imidazole rings is 1. The van der Waals surface area contributed by atoms with Crippen LogP contribution in [-0.4, -0.2) is 14.4 Å². The summed E-state index contributed by atoms with van der Waals surface area (Å²) in [5.41, 5.74) is 1.41. The van der Waals surface area contributed by atoms with Crippen molar-refractivity contribution < 1.29 is 8.78 Å². The molecule has 2 heterocycles. The van der Waals surface area contributed by atoms with Crippen LogP contribution in [0.1, 0.15) is 5.56 Å². The van der Waals surface area contributed by atoms with E-state index >= 15 is 0 Å². The minimum Gasteiger partial charge on any atom is -0.304 e. The number of halogens is 2. The van der Waals surface area contributed by atoms with Gasteiger partial charge in [-0.25, -0.2) is 13.8 Å². The quantitative estimate of drug-likeness (QED) is 0.659. The summed E-state index contributed by atoms with van der Waals surface area (Å²) in [5, 5.41) is 0. The van der Waals surface area contributed by atoms with Crippen LogP contribution >= 0.6 is 0 Å². The van der Waals surface area contributed by atoms with Gasteiger partial charge in [-0.1, -0.05) is 0 Å². The first-order valence-electron chi connectivity index (χ1n) is 5.40. The molecule has 0 bridgehead atoms. The number of hydrogen-bond acceptors (Lipinski definition) is 2. The lowest BCUT2D eigenvalue weighted by atomic mass is 10.1. The molecule has 0 amide bonds. The van der Waals surface area contributed by atoms with Crippen molar-refractivity contribution in [3.8, 4) is 11.3 Å². The van der Waals surface area contributed by atoms with Gasteiger partial charge in [-0.3, -0.25) is 4.98 Å². The third-order valence-electron chi connectivity index (χ3n) is 2.79. The van der Waals surface area contributed by atoms with Crippen molar-refractivity contribution in [1.82, 2.24) is 14.4 Å². The molecule has 0 saturated heterocycles. The highest BCUT2D eigenvalue weighted by Crippen LogP contribution is 2.24. The average Bonchev–Trinajstić information content (AvgIpc) is 2.77. The smallest absolute Gasteiger partial charge is 0.155 e. The SMILES string of the molecule is Cc1cc(F)c(-c2cn3ccncc3n2)cc1F. The lowest BCUT2D eigenvalue weighted by Crippen LogP contribution is -1.90. The van der Waals surface area contributed by atoms with Crippen LogP contribution in [-0.2, 0) is 0 Å². The summed E-state index contributed by atoms with van der Waals surface area (Å²) >= 11 is 0. The normalized spacial score (nSPS) is 11.1. The van der Waals surface area contributed by atoms with Crippen LogP contribution in [0.3, 0.4) is 0 Å². The van der Waals surface area contributed by atoms with Crippen LogP contribution in [0.25, 0.3) is 16.9 Å². The van der Waals surface area contributed by atoms with Crippen molar-refractivity contribution in [3.63, 3.8) is 0 Å². The molecule has 0 atom stereocenters. The number of aromatic nitrogens is 3. The molecule has 0 aliphatic heterocycles. The fraction of sp³-hybridized carbons (Fsp3) is 0.0769. The monoisotopic (exact) mass is 245 g/mol. The minimum absolute atomic E-state index is 0.154. The third-order valence-corrected chi connectivity index (χ3v) is 2.79. The molecular formula is C13H9F2N3. The van der Waals surface area contributed by atoms with E-state index in [1.807, 2.05) is 0 Å². The Kier molecular flexibility index (Phi) is 2.33. The van der Waals surface area contributed by atoms with Crippen molar-refractivity contribution in [2.24, 2.45) is 0 Å². The molecule has 18 heavy (non-hydrogen) atoms. The predicted molar refractivity (Wildman–Crippen MR) is 63.1 cm³/mol. The van der Waals surface area contributed by atoms with Crippen molar-refractivity contribution in [2.75, 3.05) is 0 Å². The summed E-state index contributed by atoms with van der Waals surface area (Å²) < 4.78 is 29.0. The minimum atomic E-state index is -0.481. The van der Waals surface area contributed by atoms with E-state index in [-0.39, 0.29) is 11.1 Å². The fourth-order valence-corrected chi connectivity index (χ4v) is 1.82. The van der Waals surface area contributed by atoms with E-state index in [1.165, 1.54) is 19.1 Å². The Morgan fingerprint density at radius 1 is 1.17 bits per heavy atom. The lowest BCUT2D eigenvalue weighted by Gasteiger charge is -2.02. The van der Waals surface area contributed by atoms with Crippen molar-refractivity contribution in [1.29, 1.82) is 0 Å². The first-order valence-corrected chi connectivity index (χ1v) is 5.40. The van der Waals surface area contributed by atoms with E-state index in [1.54, 1.807) is 29.2 Å². The standard InChI is InChI=1S/C13H9F2N3/c1-8-4-11(15)9(5-10(8)14)12-7-18-3-2-16-6-13(18)17-12/h2-7H,1H3. The van der Waals surface area contributed by atoms with Gasteiger partial charge in [0.25, 0.3) is 0 Å². The molecule has 0 saturated carbocycles. The van der Waals surface area contributed by atoms with Gasteiger partial charge in [0.15, 0.2) is 5.65 Å². The van der Waals surface area contributed by atoms with Crippen LogP contribution in [0.2, 0.25) is 0 Å². The van der Waals surface area contributed by atoms with Gasteiger partial charge in [-0.05, 0) is 24.6 Å². The zero-order valence-electron chi connectivity index (χ0n) is 9.56. The first kappa shape index (κ1) is 10.8. The zero-order chi connectivity index (χ0) is 12.7. The number of hydrogen-bond donors (Lipinski definition) is 0. The van der Waals surface area contributed by atoms with Crippen LogP contribution in [0.15, 0.2) is 36.9 Å². The van der Waals surface area contributed by atoms with E-state index in [0.717, 1.165) is 0 Å². The summed E-state index contributed by atoms with van der Waals surface area (Å²) in [6, 6.07) is 2.34. The molecule has 0 fully saturated rings. The zero-order valence-corrected chi connectivity index (χ0v) is 9.56. The molecule has 3 aromatic rings. The summed E-state index contributed by atoms with van der Waals surface area (Å²) in [6.07, 6.45) is 6.51. The molecule has 90 valence electrons. The Morgan fingerprint density at radius 2 is 2.00 bits per heavy atom. The van der Waals surface area contributed by atoms with Gasteiger partial charge in [0.2, 0.25) is 0 Å². The van der Waals surface area contributed by atoms with Gasteiger partial charge in [-0.15, -0.1) is 0 Å². The van der Waals surface area contributed by atoms with E-state index < -0.39 is 11.6 Å². The first-order chi connectivity index (χ1) is 8.65. The summed E-state index contributed by atoms with van der Waals surface area (Å²) in [5.74, 6) is -0.924. The highest BCUT2D eigenvalue weighted by Gasteiger charge is 2.12. The number of fused-ring (bicyclic) bond motifs is 1. The molecule has 2 aromatic heterocycles. The molecule has 0 aliphatic carbocycles. The van der Waals surface area contributed by atoms with Crippen molar-refractivity contribution in [2.45, 2.75) is 6.92 Å². The fourth-order valence-electron chi connectivity index (χ4n) is 1.82. The van der Waals surface area contributed by atoms with Gasteiger partial charge in [-0.2, -0.15) is 0 Å². The summed E-state index contributed by atoms with van der Waals surface area (Å²) in [6.45, 7) is 1.52. The van der Waals surface area contributed by atoms with Gasteiger partial charge in [0, 0.05) is 24.2 Å². The van der Waals surface area contributed by atoms with E-state index in [4.69, 9.17) is 0 Å². The van der Waals surface area contributed by atoms with E-state index in [9.17, 15) is 8.78 Å². The highest BCUT2D eigenvalue weighted by atomic mass is 19.1. The topological polar surface area (TPSA) is 30.2 Å². The third kappa shape index (κ3) is 1.64. The molecule has 0 radical (unpaired) electrons. The second-order valence-corrected chi connectivity index (χ2v) is 4.05. The number of rotatable bonds is 1. The van der Waals surface area contributed by atoms with Crippen molar-refractivity contribution >= 4 is 5.65 Å². The average molecular weight is 245 g/mol. The predicted octanol–water partition coefficient (Wildman–Crippen LogP) is 2.98. The van der Waals surface area contributed by atoms with Crippen LogP contribution in [0.5, 0.6) is 0 Å². The summed E-state index contributed by atoms with van der Waals surface area (Å²) in [7, 11) is 0. The second-order valence-electron chi connectivity index (χ2n) is 4.05.